The number of benzene rings is 2. The van der Waals surface area contributed by atoms with Crippen molar-refractivity contribution in [2.75, 3.05) is 6.61 Å². The van der Waals surface area contributed by atoms with E-state index in [2.05, 4.69) is 38.5 Å². The first-order valence-electron chi connectivity index (χ1n) is 8.75. The third-order valence-corrected chi connectivity index (χ3v) is 5.02. The Labute approximate surface area is 167 Å². The van der Waals surface area contributed by atoms with Crippen molar-refractivity contribution in [3.05, 3.63) is 81.6 Å². The number of nitrogens with one attached hydrogen (secondary N) is 1. The van der Waals surface area contributed by atoms with Gasteiger partial charge in [0.15, 0.2) is 6.61 Å². The predicted molar refractivity (Wildman–Crippen MR) is 109 cm³/mol. The van der Waals surface area contributed by atoms with E-state index in [1.165, 1.54) is 5.56 Å². The molecule has 27 heavy (non-hydrogen) atoms. The van der Waals surface area contributed by atoms with Crippen LogP contribution in [0.3, 0.4) is 0 Å². The quantitative estimate of drug-likeness (QED) is 0.619. The van der Waals surface area contributed by atoms with Gasteiger partial charge in [-0.25, -0.2) is 0 Å². The van der Waals surface area contributed by atoms with E-state index in [1.807, 2.05) is 61.0 Å². The molecule has 0 aliphatic rings. The van der Waals surface area contributed by atoms with Crippen LogP contribution in [0.2, 0.25) is 0 Å². The van der Waals surface area contributed by atoms with Crippen molar-refractivity contribution < 1.29 is 9.53 Å². The fourth-order valence-corrected chi connectivity index (χ4v) is 3.24. The van der Waals surface area contributed by atoms with Crippen LogP contribution in [0.15, 0.2) is 59.1 Å². The second-order valence-corrected chi connectivity index (χ2v) is 7.14. The molecule has 1 N–H and O–H groups in total. The zero-order valence-electron chi connectivity index (χ0n) is 15.4. The van der Waals surface area contributed by atoms with Crippen LogP contribution in [0, 0.1) is 13.8 Å². The molecule has 0 aliphatic heterocycles. The summed E-state index contributed by atoms with van der Waals surface area (Å²) in [4.78, 5) is 12.1. The molecule has 1 heterocycles. The number of aryl methyl sites for hydroxylation is 1. The zero-order valence-corrected chi connectivity index (χ0v) is 17.0. The van der Waals surface area contributed by atoms with Gasteiger partial charge in [-0.3, -0.25) is 9.48 Å². The Morgan fingerprint density at radius 1 is 1.11 bits per heavy atom. The molecule has 2 aromatic carbocycles. The molecule has 1 amide bonds. The number of hydrogen-bond acceptors (Lipinski definition) is 3. The minimum absolute atomic E-state index is 0.0289. The number of halogens is 1. The molecule has 0 fully saturated rings. The van der Waals surface area contributed by atoms with Gasteiger partial charge in [0.2, 0.25) is 0 Å². The lowest BCUT2D eigenvalue weighted by Crippen LogP contribution is -2.28. The summed E-state index contributed by atoms with van der Waals surface area (Å²) in [6.07, 6.45) is 0. The summed E-state index contributed by atoms with van der Waals surface area (Å²) in [6, 6.07) is 17.7. The van der Waals surface area contributed by atoms with E-state index in [4.69, 9.17) is 4.74 Å². The lowest BCUT2D eigenvalue weighted by Gasteiger charge is -2.09. The number of ether oxygens (including phenoxy) is 1. The van der Waals surface area contributed by atoms with Crippen molar-refractivity contribution in [1.82, 2.24) is 15.1 Å². The number of aromatic nitrogens is 2. The summed E-state index contributed by atoms with van der Waals surface area (Å²) in [6.45, 7) is 5.12. The first-order valence-corrected chi connectivity index (χ1v) is 9.54. The van der Waals surface area contributed by atoms with Crippen molar-refractivity contribution in [3.63, 3.8) is 0 Å². The Bertz CT molecular complexity index is 922. The lowest BCUT2D eigenvalue weighted by atomic mass is 10.2. The summed E-state index contributed by atoms with van der Waals surface area (Å²) in [5.41, 5.74) is 4.22. The Morgan fingerprint density at radius 2 is 1.81 bits per heavy atom. The van der Waals surface area contributed by atoms with Gasteiger partial charge in [0.05, 0.1) is 16.7 Å². The Morgan fingerprint density at radius 3 is 2.56 bits per heavy atom. The number of carbonyl (C=O) groups excluding carboxylic acids is 1. The summed E-state index contributed by atoms with van der Waals surface area (Å²) >= 11 is 3.40. The maximum absolute atomic E-state index is 12.1. The maximum Gasteiger partial charge on any atom is 0.258 e. The van der Waals surface area contributed by atoms with Crippen LogP contribution in [-0.4, -0.2) is 22.3 Å². The number of hydrogen-bond donors (Lipinski definition) is 1. The van der Waals surface area contributed by atoms with E-state index < -0.39 is 0 Å². The molecule has 1 aromatic heterocycles. The summed E-state index contributed by atoms with van der Waals surface area (Å²) in [5.74, 6) is 0.482. The summed E-state index contributed by atoms with van der Waals surface area (Å²) in [5, 5.41) is 7.53. The van der Waals surface area contributed by atoms with Crippen molar-refractivity contribution in [2.45, 2.75) is 26.9 Å². The number of nitrogens with zero attached hydrogens (tertiary/aromatic N) is 2. The van der Waals surface area contributed by atoms with Crippen molar-refractivity contribution in [1.29, 1.82) is 0 Å². The molecule has 6 heteroatoms. The lowest BCUT2D eigenvalue weighted by molar-refractivity contribution is -0.123. The van der Waals surface area contributed by atoms with Gasteiger partial charge < -0.3 is 10.1 Å². The Kier molecular flexibility index (Phi) is 6.29. The second-order valence-electron chi connectivity index (χ2n) is 6.29. The third-order valence-electron chi connectivity index (χ3n) is 4.36. The minimum atomic E-state index is -0.166. The van der Waals surface area contributed by atoms with E-state index in [0.29, 0.717) is 18.8 Å². The smallest absolute Gasteiger partial charge is 0.258 e. The molecule has 0 saturated carbocycles. The highest BCUT2D eigenvalue weighted by Crippen LogP contribution is 2.23. The number of para-hydroxylation sites is 1. The summed E-state index contributed by atoms with van der Waals surface area (Å²) in [7, 11) is 0. The minimum Gasteiger partial charge on any atom is -0.483 e. The fraction of sp³-hybridized carbons (Fsp3) is 0.238. The standard InChI is InChI=1S/C21H22BrN3O2/c1-15-18(16(2)25(24-15)13-17-8-4-3-5-9-17)12-23-21(26)14-27-20-11-7-6-10-19(20)22/h3-11H,12-14H2,1-2H3,(H,23,26). The first-order chi connectivity index (χ1) is 13.0. The van der Waals surface area contributed by atoms with Crippen LogP contribution in [0.4, 0.5) is 0 Å². The molecular formula is C21H22BrN3O2. The van der Waals surface area contributed by atoms with Crippen molar-refractivity contribution in [3.8, 4) is 5.75 Å². The molecule has 0 atom stereocenters. The van der Waals surface area contributed by atoms with E-state index >= 15 is 0 Å². The normalized spacial score (nSPS) is 10.6. The molecule has 0 spiro atoms. The molecule has 0 radical (unpaired) electrons. The molecule has 0 aliphatic carbocycles. The predicted octanol–water partition coefficient (Wildman–Crippen LogP) is 4.01. The molecule has 3 rings (SSSR count). The van der Waals surface area contributed by atoms with E-state index in [0.717, 1.165) is 21.4 Å². The highest BCUT2D eigenvalue weighted by Gasteiger charge is 2.13. The van der Waals surface area contributed by atoms with Gasteiger partial charge in [0, 0.05) is 17.8 Å². The van der Waals surface area contributed by atoms with Crippen LogP contribution in [0.25, 0.3) is 0 Å². The number of rotatable bonds is 7. The number of amides is 1. The highest BCUT2D eigenvalue weighted by atomic mass is 79.9. The molecule has 0 saturated heterocycles. The number of carbonyl (C=O) groups is 1. The van der Waals surface area contributed by atoms with Gasteiger partial charge >= 0.3 is 0 Å². The van der Waals surface area contributed by atoms with Crippen LogP contribution < -0.4 is 10.1 Å². The van der Waals surface area contributed by atoms with E-state index in [1.54, 1.807) is 0 Å². The molecule has 0 unspecified atom stereocenters. The van der Waals surface area contributed by atoms with Crippen LogP contribution >= 0.6 is 15.9 Å². The third kappa shape index (κ3) is 4.98. The van der Waals surface area contributed by atoms with Gasteiger partial charge in [-0.1, -0.05) is 42.5 Å². The molecular weight excluding hydrogens is 406 g/mol. The molecule has 3 aromatic rings. The average molecular weight is 428 g/mol. The van der Waals surface area contributed by atoms with Crippen molar-refractivity contribution >= 4 is 21.8 Å². The van der Waals surface area contributed by atoms with Crippen LogP contribution in [-0.2, 0) is 17.9 Å². The zero-order chi connectivity index (χ0) is 19.2. The SMILES string of the molecule is Cc1nn(Cc2ccccc2)c(C)c1CNC(=O)COc1ccccc1Br. The Balaban J connectivity index is 1.57. The second kappa shape index (κ2) is 8.86. The highest BCUT2D eigenvalue weighted by molar-refractivity contribution is 9.10. The van der Waals surface area contributed by atoms with E-state index in [-0.39, 0.29) is 12.5 Å². The molecule has 5 nitrogen and oxygen atoms in total. The van der Waals surface area contributed by atoms with Crippen LogP contribution in [0.5, 0.6) is 5.75 Å². The average Bonchev–Trinajstić information content (AvgIpc) is 2.93. The van der Waals surface area contributed by atoms with Crippen LogP contribution in [0.1, 0.15) is 22.5 Å². The largest absolute Gasteiger partial charge is 0.483 e. The topological polar surface area (TPSA) is 56.2 Å². The first kappa shape index (κ1) is 19.2. The van der Waals surface area contributed by atoms with E-state index in [9.17, 15) is 4.79 Å². The molecule has 0 bridgehead atoms. The van der Waals surface area contributed by atoms with Gasteiger partial charge in [-0.15, -0.1) is 0 Å². The fourth-order valence-electron chi connectivity index (χ4n) is 2.84. The Hall–Kier alpha value is -2.60. The van der Waals surface area contributed by atoms with Gasteiger partial charge in [0.25, 0.3) is 5.91 Å². The van der Waals surface area contributed by atoms with Gasteiger partial charge in [-0.05, 0) is 47.5 Å². The molecule has 140 valence electrons. The van der Waals surface area contributed by atoms with Gasteiger partial charge in [0.1, 0.15) is 5.75 Å². The van der Waals surface area contributed by atoms with Gasteiger partial charge in [-0.2, -0.15) is 5.10 Å². The maximum atomic E-state index is 12.1. The summed E-state index contributed by atoms with van der Waals surface area (Å²) < 4.78 is 8.35. The monoisotopic (exact) mass is 427 g/mol. The van der Waals surface area contributed by atoms with Crippen molar-refractivity contribution in [2.24, 2.45) is 0 Å².